The maximum atomic E-state index is 12.8. The van der Waals surface area contributed by atoms with Gasteiger partial charge in [0.15, 0.2) is 0 Å². The number of carbonyl (C=O) groups is 1. The van der Waals surface area contributed by atoms with Crippen molar-refractivity contribution in [3.8, 4) is 11.3 Å². The predicted octanol–water partition coefficient (Wildman–Crippen LogP) is 4.21. The van der Waals surface area contributed by atoms with E-state index >= 15 is 0 Å². The zero-order valence-electron chi connectivity index (χ0n) is 21.2. The van der Waals surface area contributed by atoms with Crippen LogP contribution in [0, 0.1) is 18.3 Å². The van der Waals surface area contributed by atoms with Crippen LogP contribution in [-0.4, -0.2) is 55.4 Å². The Balaban J connectivity index is 1.37. The lowest BCUT2D eigenvalue weighted by Gasteiger charge is -2.27. The van der Waals surface area contributed by atoms with Crippen LogP contribution >= 0.6 is 0 Å². The van der Waals surface area contributed by atoms with E-state index in [0.717, 1.165) is 48.4 Å². The second-order valence-electron chi connectivity index (χ2n) is 10.4. The number of hydrogen-bond acceptors (Lipinski definition) is 6. The summed E-state index contributed by atoms with van der Waals surface area (Å²) in [6.07, 6.45) is 7.60. The average molecular weight is 477 g/mol. The highest BCUT2D eigenvalue weighted by molar-refractivity contribution is 5.77. The van der Waals surface area contributed by atoms with E-state index in [1.165, 1.54) is 5.56 Å². The number of aromatic nitrogens is 4. The Morgan fingerprint density at radius 3 is 2.80 bits per heavy atom. The molecule has 1 saturated heterocycles. The predicted molar refractivity (Wildman–Crippen MR) is 137 cm³/mol. The number of aliphatic hydroxyl groups is 1. The van der Waals surface area contributed by atoms with Crippen molar-refractivity contribution in [3.05, 3.63) is 54.0 Å². The maximum absolute atomic E-state index is 12.8. The zero-order chi connectivity index (χ0) is 25.0. The van der Waals surface area contributed by atoms with E-state index in [9.17, 15) is 4.79 Å². The average Bonchev–Trinajstić information content (AvgIpc) is 3.49. The highest BCUT2D eigenvalue weighted by Gasteiger charge is 2.33. The first-order valence-corrected chi connectivity index (χ1v) is 12.3. The lowest BCUT2D eigenvalue weighted by atomic mass is 9.80. The van der Waals surface area contributed by atoms with Crippen LogP contribution in [0.3, 0.4) is 0 Å². The number of aryl methyl sites for hydroxylation is 2. The number of anilines is 2. The van der Waals surface area contributed by atoms with Crippen molar-refractivity contribution in [1.82, 2.24) is 24.6 Å². The van der Waals surface area contributed by atoms with Gasteiger partial charge >= 0.3 is 0 Å². The number of hydrogen-bond donors (Lipinski definition) is 2. The summed E-state index contributed by atoms with van der Waals surface area (Å²) in [6.45, 7) is 11.1. The van der Waals surface area contributed by atoms with Crippen LogP contribution in [0.15, 0.2) is 42.9 Å². The van der Waals surface area contributed by atoms with Gasteiger partial charge in [0.1, 0.15) is 0 Å². The van der Waals surface area contributed by atoms with Crippen molar-refractivity contribution < 1.29 is 9.90 Å². The van der Waals surface area contributed by atoms with Gasteiger partial charge in [-0.05, 0) is 54.4 Å². The van der Waals surface area contributed by atoms with Crippen molar-refractivity contribution in [2.75, 3.05) is 25.0 Å². The standard InChI is InChI=1S/C27H36N6O2/c1-19-15-21(24-9-11-28-26(31-24)30-23-16-29-33(18-23)13-14-34)6-5-20(19)7-8-25(35)32-12-10-22(17-32)27(2,3)4/h5-6,9,11,15-16,18,22,34H,7-8,10,12-14,17H2,1-4H3,(H,28,30,31). The van der Waals surface area contributed by atoms with E-state index in [1.54, 1.807) is 23.3 Å². The smallest absolute Gasteiger partial charge is 0.227 e. The minimum atomic E-state index is 0.0343. The van der Waals surface area contributed by atoms with Crippen molar-refractivity contribution in [1.29, 1.82) is 0 Å². The summed E-state index contributed by atoms with van der Waals surface area (Å²) < 4.78 is 1.66. The van der Waals surface area contributed by atoms with Crippen LogP contribution in [0.4, 0.5) is 11.6 Å². The van der Waals surface area contributed by atoms with Gasteiger partial charge in [0.05, 0.1) is 30.7 Å². The fourth-order valence-corrected chi connectivity index (χ4v) is 4.59. The summed E-state index contributed by atoms with van der Waals surface area (Å²) in [5.74, 6) is 1.32. The molecule has 8 nitrogen and oxygen atoms in total. The molecule has 3 heterocycles. The molecule has 35 heavy (non-hydrogen) atoms. The van der Waals surface area contributed by atoms with Gasteiger partial charge in [-0.15, -0.1) is 0 Å². The number of nitrogens with one attached hydrogen (secondary N) is 1. The van der Waals surface area contributed by atoms with Crippen LogP contribution in [0.2, 0.25) is 0 Å². The Kier molecular flexibility index (Phi) is 7.50. The molecule has 4 rings (SSSR count). The van der Waals surface area contributed by atoms with Crippen molar-refractivity contribution >= 4 is 17.5 Å². The van der Waals surface area contributed by atoms with Gasteiger partial charge in [0.2, 0.25) is 11.9 Å². The Morgan fingerprint density at radius 1 is 1.26 bits per heavy atom. The highest BCUT2D eigenvalue weighted by Crippen LogP contribution is 2.34. The SMILES string of the molecule is Cc1cc(-c2ccnc(Nc3cnn(CCO)c3)n2)ccc1CCC(=O)N1CCC(C(C)(C)C)C1. The molecule has 8 heteroatoms. The lowest BCUT2D eigenvalue weighted by Crippen LogP contribution is -2.31. The van der Waals surface area contributed by atoms with E-state index in [4.69, 9.17) is 5.11 Å². The minimum Gasteiger partial charge on any atom is -0.394 e. The fraction of sp³-hybridized carbons (Fsp3) is 0.481. The number of carbonyl (C=O) groups excluding carboxylic acids is 1. The van der Waals surface area contributed by atoms with Crippen molar-refractivity contribution in [3.63, 3.8) is 0 Å². The molecule has 1 unspecified atom stereocenters. The molecule has 186 valence electrons. The highest BCUT2D eigenvalue weighted by atomic mass is 16.3. The second-order valence-corrected chi connectivity index (χ2v) is 10.4. The fourth-order valence-electron chi connectivity index (χ4n) is 4.59. The van der Waals surface area contributed by atoms with Crippen LogP contribution in [-0.2, 0) is 17.8 Å². The molecular formula is C27H36N6O2. The molecular weight excluding hydrogens is 440 g/mol. The molecule has 2 aromatic heterocycles. The van der Waals surface area contributed by atoms with E-state index < -0.39 is 0 Å². The number of aliphatic hydroxyl groups excluding tert-OH is 1. The van der Waals surface area contributed by atoms with E-state index in [-0.39, 0.29) is 17.9 Å². The molecule has 1 aliphatic heterocycles. The number of benzene rings is 1. The van der Waals surface area contributed by atoms with Gasteiger partial charge in [0, 0.05) is 37.5 Å². The third-order valence-electron chi connectivity index (χ3n) is 6.89. The maximum Gasteiger partial charge on any atom is 0.227 e. The summed E-state index contributed by atoms with van der Waals surface area (Å²) in [4.78, 5) is 23.8. The molecule has 3 aromatic rings. The minimum absolute atomic E-state index is 0.0343. The molecule has 0 spiro atoms. The molecule has 0 saturated carbocycles. The number of likely N-dealkylation sites (tertiary alicyclic amines) is 1. The molecule has 1 aliphatic rings. The molecule has 0 bridgehead atoms. The molecule has 2 N–H and O–H groups in total. The van der Waals surface area contributed by atoms with E-state index in [0.29, 0.717) is 24.8 Å². The van der Waals surface area contributed by atoms with Crippen LogP contribution in [0.5, 0.6) is 0 Å². The first-order chi connectivity index (χ1) is 16.7. The third-order valence-corrected chi connectivity index (χ3v) is 6.89. The summed E-state index contributed by atoms with van der Waals surface area (Å²) in [5.41, 5.74) is 5.19. The summed E-state index contributed by atoms with van der Waals surface area (Å²) in [6, 6.07) is 8.17. The van der Waals surface area contributed by atoms with Crippen LogP contribution in [0.1, 0.15) is 44.7 Å². The van der Waals surface area contributed by atoms with Crippen molar-refractivity contribution in [2.24, 2.45) is 11.3 Å². The molecule has 1 fully saturated rings. The first kappa shape index (κ1) is 24.9. The van der Waals surface area contributed by atoms with Gasteiger partial charge in [-0.1, -0.05) is 32.9 Å². The number of rotatable bonds is 8. The van der Waals surface area contributed by atoms with Crippen LogP contribution in [0.25, 0.3) is 11.3 Å². The molecule has 1 aromatic carbocycles. The Bertz CT molecular complexity index is 1170. The quantitative estimate of drug-likeness (QED) is 0.506. The number of nitrogens with zero attached hydrogens (tertiary/aromatic N) is 5. The molecule has 0 radical (unpaired) electrons. The van der Waals surface area contributed by atoms with Gasteiger partial charge in [-0.3, -0.25) is 9.48 Å². The van der Waals surface area contributed by atoms with Gasteiger partial charge in [-0.25, -0.2) is 9.97 Å². The third kappa shape index (κ3) is 6.25. The lowest BCUT2D eigenvalue weighted by molar-refractivity contribution is -0.130. The largest absolute Gasteiger partial charge is 0.394 e. The van der Waals surface area contributed by atoms with E-state index in [2.05, 4.69) is 66.3 Å². The second kappa shape index (κ2) is 10.6. The zero-order valence-corrected chi connectivity index (χ0v) is 21.2. The van der Waals surface area contributed by atoms with Gasteiger partial charge < -0.3 is 15.3 Å². The number of amides is 1. The van der Waals surface area contributed by atoms with Crippen LogP contribution < -0.4 is 5.32 Å². The first-order valence-electron chi connectivity index (χ1n) is 12.3. The van der Waals surface area contributed by atoms with E-state index in [1.807, 2.05) is 11.0 Å². The Labute approximate surface area is 207 Å². The normalized spacial score (nSPS) is 16.0. The Hall–Kier alpha value is -3.26. The Morgan fingerprint density at radius 2 is 2.09 bits per heavy atom. The summed E-state index contributed by atoms with van der Waals surface area (Å²) in [5, 5.41) is 16.4. The summed E-state index contributed by atoms with van der Waals surface area (Å²) >= 11 is 0. The molecule has 0 aliphatic carbocycles. The van der Waals surface area contributed by atoms with Crippen molar-refractivity contribution in [2.45, 2.75) is 53.5 Å². The summed E-state index contributed by atoms with van der Waals surface area (Å²) in [7, 11) is 0. The monoisotopic (exact) mass is 476 g/mol. The molecule has 1 amide bonds. The van der Waals surface area contributed by atoms with Gasteiger partial charge in [-0.2, -0.15) is 5.10 Å². The van der Waals surface area contributed by atoms with Gasteiger partial charge in [0.25, 0.3) is 0 Å². The topological polar surface area (TPSA) is 96.2 Å². The molecule has 1 atom stereocenters.